The second-order valence-electron chi connectivity index (χ2n) is 6.06. The predicted octanol–water partition coefficient (Wildman–Crippen LogP) is 3.67. The lowest BCUT2D eigenvalue weighted by Crippen LogP contribution is -2.15. The van der Waals surface area contributed by atoms with Crippen LogP contribution >= 0.6 is 11.6 Å². The highest BCUT2D eigenvalue weighted by atomic mass is 35.5. The van der Waals surface area contributed by atoms with Gasteiger partial charge in [-0.2, -0.15) is 0 Å². The largest absolute Gasteiger partial charge is 0.326 e. The van der Waals surface area contributed by atoms with Gasteiger partial charge in [-0.15, -0.1) is 0 Å². The number of nitrogens with one attached hydrogen (secondary N) is 1. The average molecular weight is 292 g/mol. The van der Waals surface area contributed by atoms with Crippen LogP contribution in [0.2, 0.25) is 5.02 Å². The zero-order chi connectivity index (χ0) is 14.1. The molecule has 2 saturated carbocycles. The van der Waals surface area contributed by atoms with Gasteiger partial charge >= 0.3 is 0 Å². The third-order valence-electron chi connectivity index (χ3n) is 4.52. The molecule has 0 heterocycles. The Morgan fingerprint density at radius 1 is 1.15 bits per heavy atom. The van der Waals surface area contributed by atoms with Crippen molar-refractivity contribution < 1.29 is 9.59 Å². The number of amides is 1. The Kier molecular flexibility index (Phi) is 3.79. The summed E-state index contributed by atoms with van der Waals surface area (Å²) in [6, 6.07) is 7.15. The second-order valence-corrected chi connectivity index (χ2v) is 6.50. The van der Waals surface area contributed by atoms with E-state index >= 15 is 0 Å². The van der Waals surface area contributed by atoms with E-state index in [1.54, 1.807) is 12.1 Å². The zero-order valence-electron chi connectivity index (χ0n) is 11.3. The van der Waals surface area contributed by atoms with Crippen LogP contribution in [-0.2, 0) is 9.59 Å². The Balaban J connectivity index is 1.50. The molecule has 3 rings (SSSR count). The van der Waals surface area contributed by atoms with Crippen molar-refractivity contribution in [3.05, 3.63) is 29.3 Å². The third-order valence-corrected chi connectivity index (χ3v) is 4.77. The molecule has 1 aromatic carbocycles. The molecular formula is C16H18ClNO2. The lowest BCUT2D eigenvalue weighted by atomic mass is 9.99. The molecule has 1 N–H and O–H groups in total. The highest BCUT2D eigenvalue weighted by Crippen LogP contribution is 2.46. The van der Waals surface area contributed by atoms with Crippen molar-refractivity contribution in [2.45, 2.75) is 32.1 Å². The molecule has 0 spiro atoms. The number of fused-ring (bicyclic) bond motifs is 1. The predicted molar refractivity (Wildman–Crippen MR) is 78.6 cm³/mol. The molecular weight excluding hydrogens is 274 g/mol. The number of hydrogen-bond acceptors (Lipinski definition) is 2. The van der Waals surface area contributed by atoms with E-state index < -0.39 is 0 Å². The standard InChI is InChI=1S/C16H18ClNO2/c17-13-1-3-14(4-2-13)18-16(20)7-10-5-11-8-15(19)9-12(11)6-10/h1-4,10-12H,5-9H2,(H,18,20)/t10-,11+,12-. The van der Waals surface area contributed by atoms with E-state index in [0.717, 1.165) is 31.4 Å². The first-order valence-electron chi connectivity index (χ1n) is 7.17. The molecule has 4 heteroatoms. The SMILES string of the molecule is O=C1C[C@@H]2C[C@@H](CC(=O)Nc3ccc(Cl)cc3)C[C@@H]2C1. The van der Waals surface area contributed by atoms with E-state index in [1.165, 1.54) is 0 Å². The van der Waals surface area contributed by atoms with Gasteiger partial charge < -0.3 is 5.32 Å². The summed E-state index contributed by atoms with van der Waals surface area (Å²) in [5.74, 6) is 1.98. The lowest BCUT2D eigenvalue weighted by Gasteiger charge is -2.11. The van der Waals surface area contributed by atoms with Crippen LogP contribution in [0.25, 0.3) is 0 Å². The van der Waals surface area contributed by atoms with Gasteiger partial charge in [-0.05, 0) is 54.9 Å². The Morgan fingerprint density at radius 2 is 1.75 bits per heavy atom. The summed E-state index contributed by atoms with van der Waals surface area (Å²) in [6.45, 7) is 0. The van der Waals surface area contributed by atoms with Gasteiger partial charge in [0.1, 0.15) is 5.78 Å². The summed E-state index contributed by atoms with van der Waals surface area (Å²) in [5.41, 5.74) is 0.785. The van der Waals surface area contributed by atoms with Gasteiger partial charge in [-0.3, -0.25) is 9.59 Å². The lowest BCUT2D eigenvalue weighted by molar-refractivity contribution is -0.117. The van der Waals surface area contributed by atoms with Crippen molar-refractivity contribution in [2.24, 2.45) is 17.8 Å². The van der Waals surface area contributed by atoms with Crippen LogP contribution in [0.1, 0.15) is 32.1 Å². The van der Waals surface area contributed by atoms with E-state index in [1.807, 2.05) is 12.1 Å². The molecule has 3 nitrogen and oxygen atoms in total. The van der Waals surface area contributed by atoms with Gasteiger partial charge in [0.2, 0.25) is 5.91 Å². The molecule has 1 aromatic rings. The zero-order valence-corrected chi connectivity index (χ0v) is 12.0. The first kappa shape index (κ1) is 13.6. The number of hydrogen-bond donors (Lipinski definition) is 1. The molecule has 0 radical (unpaired) electrons. The minimum absolute atomic E-state index is 0.0589. The normalized spacial score (nSPS) is 28.4. The van der Waals surface area contributed by atoms with Crippen molar-refractivity contribution in [2.75, 3.05) is 5.32 Å². The summed E-state index contributed by atoms with van der Waals surface area (Å²) in [7, 11) is 0. The van der Waals surface area contributed by atoms with Gasteiger partial charge in [-0.25, -0.2) is 0 Å². The molecule has 1 amide bonds. The summed E-state index contributed by atoms with van der Waals surface area (Å²) < 4.78 is 0. The summed E-state index contributed by atoms with van der Waals surface area (Å²) in [5, 5.41) is 3.57. The van der Waals surface area contributed by atoms with Crippen LogP contribution in [0.4, 0.5) is 5.69 Å². The number of benzene rings is 1. The van der Waals surface area contributed by atoms with E-state index in [0.29, 0.717) is 35.0 Å². The molecule has 0 bridgehead atoms. The minimum atomic E-state index is 0.0589. The molecule has 0 aromatic heterocycles. The van der Waals surface area contributed by atoms with Crippen molar-refractivity contribution in [3.63, 3.8) is 0 Å². The van der Waals surface area contributed by atoms with Crippen LogP contribution in [0.3, 0.4) is 0 Å². The van der Waals surface area contributed by atoms with Crippen LogP contribution in [0.15, 0.2) is 24.3 Å². The van der Waals surface area contributed by atoms with E-state index in [9.17, 15) is 9.59 Å². The molecule has 0 unspecified atom stereocenters. The smallest absolute Gasteiger partial charge is 0.224 e. The maximum atomic E-state index is 12.0. The fourth-order valence-electron chi connectivity index (χ4n) is 3.68. The fraction of sp³-hybridized carbons (Fsp3) is 0.500. The minimum Gasteiger partial charge on any atom is -0.326 e. The fourth-order valence-corrected chi connectivity index (χ4v) is 3.81. The second kappa shape index (κ2) is 5.57. The highest BCUT2D eigenvalue weighted by Gasteiger charge is 2.41. The van der Waals surface area contributed by atoms with Crippen molar-refractivity contribution in [1.29, 1.82) is 0 Å². The summed E-state index contributed by atoms with van der Waals surface area (Å²) in [4.78, 5) is 23.4. The third kappa shape index (κ3) is 3.04. The molecule has 2 aliphatic carbocycles. The van der Waals surface area contributed by atoms with Gasteiger partial charge in [0.05, 0.1) is 0 Å². The number of Topliss-reactive ketones (excluding diaryl/α,β-unsaturated/α-hetero) is 1. The van der Waals surface area contributed by atoms with Crippen molar-refractivity contribution in [1.82, 2.24) is 0 Å². The molecule has 0 aliphatic heterocycles. The van der Waals surface area contributed by atoms with Crippen LogP contribution in [-0.4, -0.2) is 11.7 Å². The highest BCUT2D eigenvalue weighted by molar-refractivity contribution is 6.30. The van der Waals surface area contributed by atoms with Crippen molar-refractivity contribution >= 4 is 29.0 Å². The van der Waals surface area contributed by atoms with Crippen LogP contribution in [0.5, 0.6) is 0 Å². The monoisotopic (exact) mass is 291 g/mol. The number of carbonyl (C=O) groups excluding carboxylic acids is 2. The van der Waals surface area contributed by atoms with E-state index in [-0.39, 0.29) is 5.91 Å². The molecule has 0 saturated heterocycles. The molecule has 2 fully saturated rings. The summed E-state index contributed by atoms with van der Waals surface area (Å²) in [6.07, 6.45) is 4.10. The van der Waals surface area contributed by atoms with Gasteiger partial charge in [0, 0.05) is 30.0 Å². The summed E-state index contributed by atoms with van der Waals surface area (Å²) >= 11 is 5.81. The number of rotatable bonds is 3. The topological polar surface area (TPSA) is 46.2 Å². The first-order chi connectivity index (χ1) is 9.60. The van der Waals surface area contributed by atoms with Crippen LogP contribution < -0.4 is 5.32 Å². The maximum Gasteiger partial charge on any atom is 0.224 e. The van der Waals surface area contributed by atoms with Gasteiger partial charge in [0.15, 0.2) is 0 Å². The van der Waals surface area contributed by atoms with E-state index in [2.05, 4.69) is 5.32 Å². The number of ketones is 1. The van der Waals surface area contributed by atoms with Crippen LogP contribution in [0, 0.1) is 17.8 Å². The Bertz CT molecular complexity index is 510. The van der Waals surface area contributed by atoms with Crippen molar-refractivity contribution in [3.8, 4) is 0 Å². The maximum absolute atomic E-state index is 12.0. The molecule has 106 valence electrons. The number of halogens is 1. The van der Waals surface area contributed by atoms with E-state index in [4.69, 9.17) is 11.6 Å². The Morgan fingerprint density at radius 3 is 2.35 bits per heavy atom. The Hall–Kier alpha value is -1.35. The average Bonchev–Trinajstić information content (AvgIpc) is 2.88. The molecule has 3 atom stereocenters. The molecule has 20 heavy (non-hydrogen) atoms. The number of carbonyl (C=O) groups is 2. The first-order valence-corrected chi connectivity index (χ1v) is 7.55. The Labute approximate surface area is 123 Å². The van der Waals surface area contributed by atoms with Gasteiger partial charge in [-0.1, -0.05) is 11.6 Å². The molecule has 2 aliphatic rings. The quantitative estimate of drug-likeness (QED) is 0.923. The van der Waals surface area contributed by atoms with Gasteiger partial charge in [0.25, 0.3) is 0 Å². The number of anilines is 1.